The van der Waals surface area contributed by atoms with Crippen molar-refractivity contribution < 1.29 is 0 Å². The van der Waals surface area contributed by atoms with Gasteiger partial charge in [-0.25, -0.2) is 4.98 Å². The van der Waals surface area contributed by atoms with E-state index in [4.69, 9.17) is 5.26 Å². The van der Waals surface area contributed by atoms with Crippen LogP contribution in [0.25, 0.3) is 0 Å². The van der Waals surface area contributed by atoms with E-state index < -0.39 is 0 Å². The molecule has 1 fully saturated rings. The molecule has 0 aromatic carbocycles. The Morgan fingerprint density at radius 2 is 2.46 bits per heavy atom. The lowest BCUT2D eigenvalue weighted by Gasteiger charge is -1.97. The first kappa shape index (κ1) is 8.71. The topological polar surface area (TPSA) is 36.7 Å². The summed E-state index contributed by atoms with van der Waals surface area (Å²) in [6, 6.07) is 2.12. The molecule has 0 bridgehead atoms. The lowest BCUT2D eigenvalue weighted by molar-refractivity contribution is 0.620. The van der Waals surface area contributed by atoms with Crippen LogP contribution in [0.15, 0.2) is 5.38 Å². The van der Waals surface area contributed by atoms with Crippen molar-refractivity contribution in [2.45, 2.75) is 32.6 Å². The fraction of sp³-hybridized carbons (Fsp3) is 0.600. The molecule has 1 atom stereocenters. The van der Waals surface area contributed by atoms with Crippen molar-refractivity contribution in [2.24, 2.45) is 5.41 Å². The highest BCUT2D eigenvalue weighted by Crippen LogP contribution is 2.59. The van der Waals surface area contributed by atoms with E-state index in [1.54, 1.807) is 11.3 Å². The molecule has 1 saturated carbocycles. The van der Waals surface area contributed by atoms with Gasteiger partial charge in [-0.3, -0.25) is 0 Å². The van der Waals surface area contributed by atoms with E-state index in [-0.39, 0.29) is 0 Å². The van der Waals surface area contributed by atoms with Gasteiger partial charge in [0.15, 0.2) is 0 Å². The lowest BCUT2D eigenvalue weighted by atomic mass is 10.1. The molecule has 1 unspecified atom stereocenters. The van der Waals surface area contributed by atoms with Gasteiger partial charge >= 0.3 is 0 Å². The van der Waals surface area contributed by atoms with Crippen LogP contribution >= 0.6 is 11.3 Å². The molecule has 1 heterocycles. The molecule has 0 radical (unpaired) electrons. The van der Waals surface area contributed by atoms with Gasteiger partial charge in [-0.2, -0.15) is 5.26 Å². The Labute approximate surface area is 82.2 Å². The summed E-state index contributed by atoms with van der Waals surface area (Å²) in [4.78, 5) is 4.45. The molecule has 3 heteroatoms. The first-order valence-corrected chi connectivity index (χ1v) is 5.33. The first-order chi connectivity index (χ1) is 6.13. The van der Waals surface area contributed by atoms with E-state index in [1.807, 2.05) is 5.38 Å². The molecule has 0 aliphatic heterocycles. The third-order valence-corrected chi connectivity index (χ3v) is 3.65. The molecule has 2 rings (SSSR count). The van der Waals surface area contributed by atoms with Crippen LogP contribution in [0.2, 0.25) is 0 Å². The second kappa shape index (κ2) is 2.81. The quantitative estimate of drug-likeness (QED) is 0.722. The SMILES string of the molecule is CC1(C)CC1c1nc(CC#N)cs1. The molecule has 0 spiro atoms. The van der Waals surface area contributed by atoms with E-state index in [0.717, 1.165) is 5.69 Å². The van der Waals surface area contributed by atoms with Crippen molar-refractivity contribution in [2.75, 3.05) is 0 Å². The van der Waals surface area contributed by atoms with Gasteiger partial charge in [-0.1, -0.05) is 13.8 Å². The number of nitriles is 1. The minimum absolute atomic E-state index is 0.446. The predicted molar refractivity (Wildman–Crippen MR) is 52.6 cm³/mol. The van der Waals surface area contributed by atoms with Gasteiger partial charge in [-0.05, 0) is 11.8 Å². The summed E-state index contributed by atoms with van der Waals surface area (Å²) in [5, 5.41) is 11.7. The number of aromatic nitrogens is 1. The summed E-state index contributed by atoms with van der Waals surface area (Å²) >= 11 is 1.70. The van der Waals surface area contributed by atoms with Gasteiger partial charge < -0.3 is 0 Å². The molecule has 0 saturated heterocycles. The Kier molecular flexibility index (Phi) is 1.88. The lowest BCUT2D eigenvalue weighted by Crippen LogP contribution is -1.89. The monoisotopic (exact) mass is 192 g/mol. The number of hydrogen-bond acceptors (Lipinski definition) is 3. The fourth-order valence-electron chi connectivity index (χ4n) is 1.53. The average Bonchev–Trinajstić information content (AvgIpc) is 2.52. The normalized spacial score (nSPS) is 23.9. The molecule has 0 amide bonds. The highest BCUT2D eigenvalue weighted by atomic mass is 32.1. The van der Waals surface area contributed by atoms with Gasteiger partial charge in [0.1, 0.15) is 0 Å². The van der Waals surface area contributed by atoms with E-state index in [0.29, 0.717) is 17.8 Å². The van der Waals surface area contributed by atoms with Gasteiger partial charge in [-0.15, -0.1) is 11.3 Å². The van der Waals surface area contributed by atoms with Crippen molar-refractivity contribution in [1.82, 2.24) is 4.98 Å². The van der Waals surface area contributed by atoms with Gasteiger partial charge in [0.25, 0.3) is 0 Å². The molecule has 0 N–H and O–H groups in total. The van der Waals surface area contributed by atoms with Crippen molar-refractivity contribution in [3.63, 3.8) is 0 Å². The molecular weight excluding hydrogens is 180 g/mol. The molecule has 68 valence electrons. The van der Waals surface area contributed by atoms with E-state index >= 15 is 0 Å². The highest BCUT2D eigenvalue weighted by molar-refractivity contribution is 7.09. The van der Waals surface area contributed by atoms with Crippen LogP contribution in [0.3, 0.4) is 0 Å². The fourth-order valence-corrected chi connectivity index (χ4v) is 2.66. The summed E-state index contributed by atoms with van der Waals surface area (Å²) in [6.45, 7) is 4.53. The summed E-state index contributed by atoms with van der Waals surface area (Å²) in [5.74, 6) is 0.643. The zero-order valence-corrected chi connectivity index (χ0v) is 8.69. The van der Waals surface area contributed by atoms with Crippen LogP contribution in [-0.4, -0.2) is 4.98 Å². The van der Waals surface area contributed by atoms with Crippen LogP contribution < -0.4 is 0 Å². The van der Waals surface area contributed by atoms with Crippen molar-refractivity contribution in [3.8, 4) is 6.07 Å². The summed E-state index contributed by atoms with van der Waals surface area (Å²) in [6.07, 6.45) is 1.69. The van der Waals surface area contributed by atoms with Crippen LogP contribution in [0.4, 0.5) is 0 Å². The van der Waals surface area contributed by atoms with E-state index in [9.17, 15) is 0 Å². The second-order valence-electron chi connectivity index (χ2n) is 4.26. The molecular formula is C10H12N2S. The maximum atomic E-state index is 8.50. The van der Waals surface area contributed by atoms with Gasteiger partial charge in [0, 0.05) is 11.3 Å². The maximum Gasteiger partial charge on any atom is 0.0965 e. The molecule has 1 aliphatic rings. The number of rotatable bonds is 2. The third kappa shape index (κ3) is 1.59. The van der Waals surface area contributed by atoms with E-state index in [1.165, 1.54) is 11.4 Å². The largest absolute Gasteiger partial charge is 0.245 e. The van der Waals surface area contributed by atoms with Crippen LogP contribution in [0.1, 0.15) is 36.9 Å². The first-order valence-electron chi connectivity index (χ1n) is 4.45. The Bertz CT molecular complexity index is 359. The molecule has 13 heavy (non-hydrogen) atoms. The van der Waals surface area contributed by atoms with Crippen molar-refractivity contribution in [3.05, 3.63) is 16.1 Å². The standard InChI is InChI=1S/C10H12N2S/c1-10(2)5-8(10)9-12-7(3-4-11)6-13-9/h6,8H,3,5H2,1-2H3. The zero-order chi connectivity index (χ0) is 9.47. The summed E-state index contributed by atoms with van der Waals surface area (Å²) in [5.41, 5.74) is 1.38. The molecule has 2 nitrogen and oxygen atoms in total. The highest BCUT2D eigenvalue weighted by Gasteiger charge is 2.48. The van der Waals surface area contributed by atoms with Crippen LogP contribution in [0.5, 0.6) is 0 Å². The minimum atomic E-state index is 0.446. The Morgan fingerprint density at radius 1 is 1.77 bits per heavy atom. The molecule has 1 aromatic rings. The minimum Gasteiger partial charge on any atom is -0.245 e. The number of thiazole rings is 1. The Morgan fingerprint density at radius 3 is 3.00 bits per heavy atom. The molecule has 1 aliphatic carbocycles. The zero-order valence-electron chi connectivity index (χ0n) is 7.87. The Balaban J connectivity index is 2.12. The number of nitrogens with zero attached hydrogens (tertiary/aromatic N) is 2. The van der Waals surface area contributed by atoms with Crippen molar-refractivity contribution >= 4 is 11.3 Å². The van der Waals surface area contributed by atoms with Gasteiger partial charge in [0.05, 0.1) is 23.2 Å². The smallest absolute Gasteiger partial charge is 0.0965 e. The van der Waals surface area contributed by atoms with Gasteiger partial charge in [0.2, 0.25) is 0 Å². The Hall–Kier alpha value is -0.880. The average molecular weight is 192 g/mol. The second-order valence-corrected chi connectivity index (χ2v) is 5.15. The van der Waals surface area contributed by atoms with Crippen molar-refractivity contribution in [1.29, 1.82) is 5.26 Å². The summed E-state index contributed by atoms with van der Waals surface area (Å²) in [7, 11) is 0. The van der Waals surface area contributed by atoms with Crippen LogP contribution in [-0.2, 0) is 6.42 Å². The predicted octanol–water partition coefficient (Wildman–Crippen LogP) is 2.72. The molecule has 1 aromatic heterocycles. The van der Waals surface area contributed by atoms with E-state index in [2.05, 4.69) is 24.9 Å². The maximum absolute atomic E-state index is 8.50. The number of hydrogen-bond donors (Lipinski definition) is 0. The van der Waals surface area contributed by atoms with Crippen LogP contribution in [0, 0.1) is 16.7 Å². The summed E-state index contributed by atoms with van der Waals surface area (Å²) < 4.78 is 0. The third-order valence-electron chi connectivity index (χ3n) is 2.64.